The van der Waals surface area contributed by atoms with Gasteiger partial charge in [0.25, 0.3) is 0 Å². The molecule has 0 aliphatic heterocycles. The number of carboxylic acid groups (broad SMARTS) is 1. The van der Waals surface area contributed by atoms with E-state index in [4.69, 9.17) is 0 Å². The van der Waals surface area contributed by atoms with Crippen LogP contribution in [-0.4, -0.2) is 17.0 Å². The van der Waals surface area contributed by atoms with Crippen LogP contribution in [0.15, 0.2) is 12.1 Å². The quantitative estimate of drug-likeness (QED) is 0.889. The summed E-state index contributed by atoms with van der Waals surface area (Å²) in [4.78, 5) is 23.4. The molecule has 4 nitrogen and oxygen atoms in total. The molecule has 0 aromatic heterocycles. The van der Waals surface area contributed by atoms with Crippen LogP contribution in [0.3, 0.4) is 0 Å². The molecule has 1 aromatic rings. The van der Waals surface area contributed by atoms with Gasteiger partial charge in [0.2, 0.25) is 5.91 Å². The van der Waals surface area contributed by atoms with Crippen molar-refractivity contribution in [1.82, 2.24) is 0 Å². The Morgan fingerprint density at radius 3 is 2.40 bits per heavy atom. The Bertz CT molecular complexity index is 584. The molecule has 2 fully saturated rings. The van der Waals surface area contributed by atoms with Crippen LogP contribution in [0.2, 0.25) is 0 Å². The molecule has 0 bridgehead atoms. The first-order chi connectivity index (χ1) is 9.45. The van der Waals surface area contributed by atoms with E-state index in [9.17, 15) is 14.7 Å². The fourth-order valence-corrected chi connectivity index (χ4v) is 3.33. The van der Waals surface area contributed by atoms with Crippen molar-refractivity contribution in [2.75, 3.05) is 5.32 Å². The maximum atomic E-state index is 12.2. The van der Waals surface area contributed by atoms with Crippen molar-refractivity contribution in [3.8, 4) is 0 Å². The first-order valence-corrected chi connectivity index (χ1v) is 7.11. The van der Waals surface area contributed by atoms with E-state index in [1.54, 1.807) is 13.0 Å². The van der Waals surface area contributed by atoms with Gasteiger partial charge in [-0.3, -0.25) is 4.79 Å². The molecule has 2 saturated carbocycles. The highest BCUT2D eigenvalue weighted by molar-refractivity contribution is 5.96. The number of carbonyl (C=O) groups is 2. The molecule has 0 saturated heterocycles. The van der Waals surface area contributed by atoms with Crippen LogP contribution in [0.4, 0.5) is 5.69 Å². The lowest BCUT2D eigenvalue weighted by Gasteiger charge is -2.14. The number of hydrogen-bond donors (Lipinski definition) is 2. The Morgan fingerprint density at radius 1 is 1.15 bits per heavy atom. The Morgan fingerprint density at radius 2 is 1.80 bits per heavy atom. The first kappa shape index (κ1) is 13.2. The zero-order chi connectivity index (χ0) is 14.4. The summed E-state index contributed by atoms with van der Waals surface area (Å²) in [5.41, 5.74) is 2.48. The molecule has 2 aliphatic carbocycles. The molecule has 1 aromatic carbocycles. The van der Waals surface area contributed by atoms with E-state index in [0.29, 0.717) is 5.69 Å². The van der Waals surface area contributed by atoms with Gasteiger partial charge in [0.15, 0.2) is 0 Å². The van der Waals surface area contributed by atoms with Crippen LogP contribution in [0.1, 0.15) is 40.7 Å². The highest BCUT2D eigenvalue weighted by atomic mass is 16.4. The number of fused-ring (bicyclic) bond motifs is 1. The third kappa shape index (κ3) is 2.30. The lowest BCUT2D eigenvalue weighted by atomic mass is 10.0. The molecular formula is C16H19NO3. The summed E-state index contributed by atoms with van der Waals surface area (Å²) in [7, 11) is 0. The Kier molecular flexibility index (Phi) is 3.04. The third-order valence-corrected chi connectivity index (χ3v) is 4.78. The van der Waals surface area contributed by atoms with E-state index in [1.165, 1.54) is 6.42 Å². The van der Waals surface area contributed by atoms with Crippen molar-refractivity contribution < 1.29 is 14.7 Å². The summed E-state index contributed by atoms with van der Waals surface area (Å²) in [5, 5.41) is 12.1. The van der Waals surface area contributed by atoms with Crippen molar-refractivity contribution in [2.24, 2.45) is 17.8 Å². The molecule has 0 heterocycles. The lowest BCUT2D eigenvalue weighted by molar-refractivity contribution is -0.120. The molecule has 106 valence electrons. The third-order valence-electron chi connectivity index (χ3n) is 4.78. The van der Waals surface area contributed by atoms with Gasteiger partial charge < -0.3 is 10.4 Å². The lowest BCUT2D eigenvalue weighted by Crippen LogP contribution is -2.22. The average Bonchev–Trinajstić information content (AvgIpc) is 2.99. The van der Waals surface area contributed by atoms with Gasteiger partial charge in [-0.05, 0) is 68.2 Å². The van der Waals surface area contributed by atoms with Crippen molar-refractivity contribution in [3.63, 3.8) is 0 Å². The van der Waals surface area contributed by atoms with E-state index in [2.05, 4.69) is 5.32 Å². The topological polar surface area (TPSA) is 66.4 Å². The number of carboxylic acids is 1. The standard InChI is InChI=1S/C16H19NO3/c1-8-3-13(7-14(9(8)2)16(19)20)17-15(18)12-5-10-4-11(10)6-12/h3,7,10-12H,4-6H2,1-2H3,(H,17,18)(H,19,20). The van der Waals surface area contributed by atoms with E-state index < -0.39 is 5.97 Å². The van der Waals surface area contributed by atoms with Gasteiger partial charge >= 0.3 is 5.97 Å². The summed E-state index contributed by atoms with van der Waals surface area (Å²) in [6.07, 6.45) is 3.27. The van der Waals surface area contributed by atoms with Gasteiger partial charge in [-0.1, -0.05) is 0 Å². The SMILES string of the molecule is Cc1cc(NC(=O)C2CC3CC3C2)cc(C(=O)O)c1C. The van der Waals surface area contributed by atoms with Gasteiger partial charge in [0.05, 0.1) is 5.56 Å². The molecule has 2 unspecified atom stereocenters. The fraction of sp³-hybridized carbons (Fsp3) is 0.500. The van der Waals surface area contributed by atoms with Crippen LogP contribution in [0.25, 0.3) is 0 Å². The van der Waals surface area contributed by atoms with Crippen molar-refractivity contribution in [1.29, 1.82) is 0 Å². The molecule has 0 spiro atoms. The first-order valence-electron chi connectivity index (χ1n) is 7.11. The molecule has 2 atom stereocenters. The summed E-state index contributed by atoms with van der Waals surface area (Å²) in [6, 6.07) is 3.40. The van der Waals surface area contributed by atoms with Crippen molar-refractivity contribution >= 4 is 17.6 Å². The van der Waals surface area contributed by atoms with Gasteiger partial charge in [-0.25, -0.2) is 4.79 Å². The molecule has 3 rings (SSSR count). The predicted octanol–water partition coefficient (Wildman–Crippen LogP) is 2.99. The molecule has 0 radical (unpaired) electrons. The Labute approximate surface area is 118 Å². The van der Waals surface area contributed by atoms with Crippen LogP contribution < -0.4 is 5.32 Å². The van der Waals surface area contributed by atoms with E-state index >= 15 is 0 Å². The van der Waals surface area contributed by atoms with E-state index in [-0.39, 0.29) is 17.4 Å². The van der Waals surface area contributed by atoms with Crippen LogP contribution in [0.5, 0.6) is 0 Å². The maximum Gasteiger partial charge on any atom is 0.336 e. The number of carbonyl (C=O) groups excluding carboxylic acids is 1. The number of amides is 1. The largest absolute Gasteiger partial charge is 0.478 e. The minimum Gasteiger partial charge on any atom is -0.478 e. The minimum atomic E-state index is -0.955. The fourth-order valence-electron chi connectivity index (χ4n) is 3.33. The molecule has 2 aliphatic rings. The van der Waals surface area contributed by atoms with Crippen molar-refractivity contribution in [2.45, 2.75) is 33.1 Å². The van der Waals surface area contributed by atoms with E-state index in [0.717, 1.165) is 35.8 Å². The zero-order valence-electron chi connectivity index (χ0n) is 11.8. The summed E-state index contributed by atoms with van der Waals surface area (Å²) >= 11 is 0. The summed E-state index contributed by atoms with van der Waals surface area (Å²) in [6.45, 7) is 3.65. The molecule has 2 N–H and O–H groups in total. The second kappa shape index (κ2) is 4.62. The second-order valence-electron chi connectivity index (χ2n) is 6.18. The monoisotopic (exact) mass is 273 g/mol. The van der Waals surface area contributed by atoms with Crippen molar-refractivity contribution in [3.05, 3.63) is 28.8 Å². The smallest absolute Gasteiger partial charge is 0.336 e. The zero-order valence-corrected chi connectivity index (χ0v) is 11.8. The number of rotatable bonds is 3. The second-order valence-corrected chi connectivity index (χ2v) is 6.18. The van der Waals surface area contributed by atoms with Crippen LogP contribution in [-0.2, 0) is 4.79 Å². The highest BCUT2D eigenvalue weighted by Crippen LogP contribution is 2.54. The van der Waals surface area contributed by atoms with Crippen LogP contribution >= 0.6 is 0 Å². The number of benzene rings is 1. The highest BCUT2D eigenvalue weighted by Gasteiger charge is 2.47. The summed E-state index contributed by atoms with van der Waals surface area (Å²) in [5.74, 6) is 0.717. The van der Waals surface area contributed by atoms with Gasteiger partial charge in [-0.2, -0.15) is 0 Å². The predicted molar refractivity (Wildman–Crippen MR) is 75.8 cm³/mol. The Hall–Kier alpha value is -1.84. The number of anilines is 1. The van der Waals surface area contributed by atoms with Gasteiger partial charge in [-0.15, -0.1) is 0 Å². The molecule has 20 heavy (non-hydrogen) atoms. The molecule has 1 amide bonds. The van der Waals surface area contributed by atoms with Crippen LogP contribution in [0, 0.1) is 31.6 Å². The number of aryl methyl sites for hydroxylation is 1. The average molecular weight is 273 g/mol. The molecule has 4 heteroatoms. The number of hydrogen-bond acceptors (Lipinski definition) is 2. The number of aromatic carboxylic acids is 1. The normalized spacial score (nSPS) is 27.0. The Balaban J connectivity index is 1.76. The maximum absolute atomic E-state index is 12.2. The van der Waals surface area contributed by atoms with E-state index in [1.807, 2.05) is 13.0 Å². The molecular weight excluding hydrogens is 254 g/mol. The number of nitrogens with one attached hydrogen (secondary N) is 1. The summed E-state index contributed by atoms with van der Waals surface area (Å²) < 4.78 is 0. The minimum absolute atomic E-state index is 0.0387. The van der Waals surface area contributed by atoms with Gasteiger partial charge in [0, 0.05) is 11.6 Å². The van der Waals surface area contributed by atoms with Gasteiger partial charge in [0.1, 0.15) is 0 Å².